The van der Waals surface area contributed by atoms with Crippen LogP contribution in [-0.4, -0.2) is 5.11 Å². The van der Waals surface area contributed by atoms with Crippen molar-refractivity contribution in [2.24, 2.45) is 0 Å². The maximum Gasteiger partial charge on any atom is 0.105 e. The Bertz CT molecular complexity index is 463. The van der Waals surface area contributed by atoms with Crippen LogP contribution in [0, 0.1) is 0 Å². The van der Waals surface area contributed by atoms with Crippen LogP contribution in [0.2, 0.25) is 0 Å². The second-order valence-corrected chi connectivity index (χ2v) is 6.11. The Morgan fingerprint density at radius 2 is 1.65 bits per heavy atom. The zero-order chi connectivity index (χ0) is 12.5. The minimum absolute atomic E-state index is 0.159. The van der Waals surface area contributed by atoms with Crippen LogP contribution < -0.4 is 0 Å². The Hall–Kier alpha value is -1.12. The molecule has 1 nitrogen and oxygen atoms in total. The average Bonchev–Trinajstić information content (AvgIpc) is 2.80. The number of aliphatic hydroxyl groups is 1. The van der Waals surface area contributed by atoms with E-state index in [2.05, 4.69) is 32.9 Å². The number of benzene rings is 1. The van der Waals surface area contributed by atoms with Crippen molar-refractivity contribution >= 4 is 11.3 Å². The number of thiophene rings is 1. The van der Waals surface area contributed by atoms with Gasteiger partial charge in [0.2, 0.25) is 0 Å². The van der Waals surface area contributed by atoms with Crippen molar-refractivity contribution in [2.75, 3.05) is 0 Å². The molecule has 1 aromatic heterocycles. The molecule has 2 heteroatoms. The molecular formula is C15H18OS. The summed E-state index contributed by atoms with van der Waals surface area (Å²) < 4.78 is 0. The molecule has 17 heavy (non-hydrogen) atoms. The van der Waals surface area contributed by atoms with Gasteiger partial charge in [0, 0.05) is 0 Å². The fourth-order valence-electron chi connectivity index (χ4n) is 1.79. The van der Waals surface area contributed by atoms with Gasteiger partial charge in [0.1, 0.15) is 6.10 Å². The summed E-state index contributed by atoms with van der Waals surface area (Å²) in [7, 11) is 0. The average molecular weight is 246 g/mol. The molecule has 0 aliphatic rings. The number of aliphatic hydroxyl groups excluding tert-OH is 1. The molecule has 1 heterocycles. The third-order valence-corrected chi connectivity index (χ3v) is 3.65. The summed E-state index contributed by atoms with van der Waals surface area (Å²) in [5.74, 6) is 0. The third-order valence-electron chi connectivity index (χ3n) is 2.95. The summed E-state index contributed by atoms with van der Waals surface area (Å²) in [5, 5.41) is 14.2. The molecule has 1 aromatic carbocycles. The molecule has 0 aliphatic heterocycles. The normalized spacial score (nSPS) is 13.6. The zero-order valence-corrected chi connectivity index (χ0v) is 11.3. The number of hydrogen-bond donors (Lipinski definition) is 1. The van der Waals surface area contributed by atoms with Crippen molar-refractivity contribution in [3.63, 3.8) is 0 Å². The first kappa shape index (κ1) is 12.3. The Labute approximate surface area is 107 Å². The second-order valence-electron chi connectivity index (χ2n) is 5.33. The highest BCUT2D eigenvalue weighted by molar-refractivity contribution is 7.07. The van der Waals surface area contributed by atoms with Crippen molar-refractivity contribution in [1.29, 1.82) is 0 Å². The van der Waals surface area contributed by atoms with Crippen LogP contribution in [0.3, 0.4) is 0 Å². The van der Waals surface area contributed by atoms with Gasteiger partial charge >= 0.3 is 0 Å². The van der Waals surface area contributed by atoms with E-state index in [9.17, 15) is 5.11 Å². The van der Waals surface area contributed by atoms with E-state index in [4.69, 9.17) is 0 Å². The minimum Gasteiger partial charge on any atom is -0.384 e. The van der Waals surface area contributed by atoms with E-state index in [0.29, 0.717) is 0 Å². The van der Waals surface area contributed by atoms with Crippen molar-refractivity contribution in [2.45, 2.75) is 32.3 Å². The molecule has 0 radical (unpaired) electrons. The standard InChI is InChI=1S/C15H18OS/c1-15(2,3)13-6-4-11(5-7-13)14(16)12-8-9-17-10-12/h4-10,14,16H,1-3H3/t14-/m0/s1. The molecule has 2 rings (SSSR count). The SMILES string of the molecule is CC(C)(C)c1ccc([C@H](O)c2ccsc2)cc1. The van der Waals surface area contributed by atoms with Crippen LogP contribution in [0.1, 0.15) is 43.6 Å². The van der Waals surface area contributed by atoms with Gasteiger partial charge in [0.25, 0.3) is 0 Å². The zero-order valence-electron chi connectivity index (χ0n) is 10.5. The quantitative estimate of drug-likeness (QED) is 0.845. The van der Waals surface area contributed by atoms with Crippen molar-refractivity contribution in [3.8, 4) is 0 Å². The van der Waals surface area contributed by atoms with E-state index < -0.39 is 6.10 Å². The molecule has 0 unspecified atom stereocenters. The third kappa shape index (κ3) is 2.76. The van der Waals surface area contributed by atoms with Crippen LogP contribution in [0.15, 0.2) is 41.1 Å². The lowest BCUT2D eigenvalue weighted by Crippen LogP contribution is -2.11. The molecular weight excluding hydrogens is 228 g/mol. The topological polar surface area (TPSA) is 20.2 Å². The highest BCUT2D eigenvalue weighted by Gasteiger charge is 2.15. The maximum atomic E-state index is 10.2. The molecule has 1 N–H and O–H groups in total. The van der Waals surface area contributed by atoms with Gasteiger partial charge in [-0.05, 0) is 38.9 Å². The van der Waals surface area contributed by atoms with Crippen LogP contribution in [-0.2, 0) is 5.41 Å². The smallest absolute Gasteiger partial charge is 0.105 e. The highest BCUT2D eigenvalue weighted by Crippen LogP contribution is 2.27. The lowest BCUT2D eigenvalue weighted by atomic mass is 9.86. The van der Waals surface area contributed by atoms with Crippen LogP contribution >= 0.6 is 11.3 Å². The highest BCUT2D eigenvalue weighted by atomic mass is 32.1. The molecule has 0 bridgehead atoms. The first-order valence-corrected chi connectivity index (χ1v) is 6.73. The molecule has 2 aromatic rings. The predicted molar refractivity (Wildman–Crippen MR) is 73.5 cm³/mol. The molecule has 0 aliphatic carbocycles. The van der Waals surface area contributed by atoms with Gasteiger partial charge in [-0.3, -0.25) is 0 Å². The van der Waals surface area contributed by atoms with E-state index in [1.807, 2.05) is 29.0 Å². The Morgan fingerprint density at radius 3 is 2.12 bits per heavy atom. The monoisotopic (exact) mass is 246 g/mol. The van der Waals surface area contributed by atoms with Crippen LogP contribution in [0.25, 0.3) is 0 Å². The summed E-state index contributed by atoms with van der Waals surface area (Å²) in [6, 6.07) is 10.2. The molecule has 1 atom stereocenters. The van der Waals surface area contributed by atoms with E-state index in [1.54, 1.807) is 11.3 Å². The first-order valence-electron chi connectivity index (χ1n) is 5.79. The molecule has 0 spiro atoms. The largest absolute Gasteiger partial charge is 0.384 e. The van der Waals surface area contributed by atoms with Gasteiger partial charge in [-0.15, -0.1) is 0 Å². The Morgan fingerprint density at radius 1 is 1.00 bits per heavy atom. The van der Waals surface area contributed by atoms with Crippen LogP contribution in [0.5, 0.6) is 0 Å². The molecule has 0 fully saturated rings. The van der Waals surface area contributed by atoms with Gasteiger partial charge in [0.15, 0.2) is 0 Å². The number of hydrogen-bond acceptors (Lipinski definition) is 2. The van der Waals surface area contributed by atoms with E-state index in [-0.39, 0.29) is 5.41 Å². The van der Waals surface area contributed by atoms with Gasteiger partial charge in [-0.2, -0.15) is 11.3 Å². The summed E-state index contributed by atoms with van der Waals surface area (Å²) in [6.45, 7) is 6.58. The predicted octanol–water partition coefficient (Wildman–Crippen LogP) is 4.13. The molecule has 90 valence electrons. The summed E-state index contributed by atoms with van der Waals surface area (Å²) in [4.78, 5) is 0. The first-order chi connectivity index (χ1) is 7.98. The second kappa shape index (κ2) is 4.63. The molecule has 0 saturated heterocycles. The Kier molecular flexibility index (Phi) is 3.36. The molecule has 0 saturated carbocycles. The molecule has 0 amide bonds. The van der Waals surface area contributed by atoms with Gasteiger partial charge in [-0.25, -0.2) is 0 Å². The van der Waals surface area contributed by atoms with Crippen LogP contribution in [0.4, 0.5) is 0 Å². The van der Waals surface area contributed by atoms with Crippen molar-refractivity contribution in [3.05, 3.63) is 57.8 Å². The lowest BCUT2D eigenvalue weighted by molar-refractivity contribution is 0.221. The van der Waals surface area contributed by atoms with Gasteiger partial charge in [-0.1, -0.05) is 45.0 Å². The summed E-state index contributed by atoms with van der Waals surface area (Å²) in [6.07, 6.45) is -0.504. The van der Waals surface area contributed by atoms with E-state index in [1.165, 1.54) is 5.56 Å². The Balaban J connectivity index is 2.24. The van der Waals surface area contributed by atoms with E-state index in [0.717, 1.165) is 11.1 Å². The lowest BCUT2D eigenvalue weighted by Gasteiger charge is -2.20. The number of rotatable bonds is 2. The fraction of sp³-hybridized carbons (Fsp3) is 0.333. The summed E-state index contributed by atoms with van der Waals surface area (Å²) in [5.41, 5.74) is 3.37. The van der Waals surface area contributed by atoms with E-state index >= 15 is 0 Å². The van der Waals surface area contributed by atoms with Crippen molar-refractivity contribution < 1.29 is 5.11 Å². The minimum atomic E-state index is -0.504. The maximum absolute atomic E-state index is 10.2. The van der Waals surface area contributed by atoms with Gasteiger partial charge in [0.05, 0.1) is 0 Å². The van der Waals surface area contributed by atoms with Crippen molar-refractivity contribution in [1.82, 2.24) is 0 Å². The fourth-order valence-corrected chi connectivity index (χ4v) is 2.47. The van der Waals surface area contributed by atoms with Gasteiger partial charge < -0.3 is 5.11 Å². The summed E-state index contributed by atoms with van der Waals surface area (Å²) >= 11 is 1.61.